The molecule has 1 aliphatic heterocycles. The summed E-state index contributed by atoms with van der Waals surface area (Å²) in [5, 5.41) is 2.91. The van der Waals surface area contributed by atoms with E-state index in [1.54, 1.807) is 6.20 Å². The molecule has 5 nitrogen and oxygen atoms in total. The highest BCUT2D eigenvalue weighted by molar-refractivity contribution is 6.29. The van der Waals surface area contributed by atoms with Gasteiger partial charge < -0.3 is 9.47 Å². The van der Waals surface area contributed by atoms with Crippen molar-refractivity contribution in [2.75, 3.05) is 33.2 Å². The average molecular weight is 244 g/mol. The standard InChI is InChI=1S/C10H18ClN5/c1-14-3-5-16(6-4-14)13-8-10-12-7-9(11)15(10)2/h7,13H,3-6,8H2,1-2H3. The van der Waals surface area contributed by atoms with Gasteiger partial charge in [0.05, 0.1) is 12.7 Å². The number of aromatic nitrogens is 2. The number of imidazole rings is 1. The molecule has 0 radical (unpaired) electrons. The lowest BCUT2D eigenvalue weighted by Crippen LogP contribution is -2.50. The van der Waals surface area contributed by atoms with Crippen molar-refractivity contribution in [3.05, 3.63) is 17.2 Å². The van der Waals surface area contributed by atoms with Crippen LogP contribution in [-0.2, 0) is 13.6 Å². The Morgan fingerprint density at radius 2 is 2.00 bits per heavy atom. The van der Waals surface area contributed by atoms with Crippen LogP contribution in [0, 0.1) is 0 Å². The highest BCUT2D eigenvalue weighted by Gasteiger charge is 2.13. The molecule has 0 unspecified atom stereocenters. The van der Waals surface area contributed by atoms with E-state index in [0.29, 0.717) is 5.15 Å². The molecule has 0 amide bonds. The van der Waals surface area contributed by atoms with Gasteiger partial charge in [-0.25, -0.2) is 15.4 Å². The summed E-state index contributed by atoms with van der Waals surface area (Å²) in [6, 6.07) is 0. The summed E-state index contributed by atoms with van der Waals surface area (Å²) in [6.45, 7) is 5.04. The van der Waals surface area contributed by atoms with Crippen LogP contribution < -0.4 is 5.43 Å². The average Bonchev–Trinajstić information content (AvgIpc) is 2.60. The fraction of sp³-hybridized carbons (Fsp3) is 0.700. The number of hydrogen-bond acceptors (Lipinski definition) is 4. The topological polar surface area (TPSA) is 36.3 Å². The monoisotopic (exact) mass is 243 g/mol. The number of halogens is 1. The Bertz CT molecular complexity index is 343. The summed E-state index contributed by atoms with van der Waals surface area (Å²) in [5.41, 5.74) is 3.38. The van der Waals surface area contributed by atoms with Gasteiger partial charge in [-0.1, -0.05) is 11.6 Å². The van der Waals surface area contributed by atoms with E-state index in [9.17, 15) is 0 Å². The maximum absolute atomic E-state index is 5.92. The van der Waals surface area contributed by atoms with Crippen LogP contribution in [-0.4, -0.2) is 52.7 Å². The highest BCUT2D eigenvalue weighted by Crippen LogP contribution is 2.08. The van der Waals surface area contributed by atoms with Gasteiger partial charge in [-0.05, 0) is 7.05 Å². The fourth-order valence-electron chi connectivity index (χ4n) is 1.74. The smallest absolute Gasteiger partial charge is 0.128 e. The Balaban J connectivity index is 1.81. The molecule has 0 spiro atoms. The van der Waals surface area contributed by atoms with Crippen LogP contribution in [0.4, 0.5) is 0 Å². The molecule has 0 bridgehead atoms. The van der Waals surface area contributed by atoms with Gasteiger partial charge in [-0.3, -0.25) is 0 Å². The zero-order chi connectivity index (χ0) is 11.5. The molecule has 0 aromatic carbocycles. The maximum Gasteiger partial charge on any atom is 0.128 e. The fourth-order valence-corrected chi connectivity index (χ4v) is 1.88. The molecular weight excluding hydrogens is 226 g/mol. The molecule has 90 valence electrons. The Hall–Kier alpha value is -0.620. The Morgan fingerprint density at radius 1 is 1.31 bits per heavy atom. The van der Waals surface area contributed by atoms with E-state index in [1.165, 1.54) is 0 Å². The van der Waals surface area contributed by atoms with E-state index in [-0.39, 0.29) is 0 Å². The van der Waals surface area contributed by atoms with Crippen LogP contribution in [0.15, 0.2) is 6.20 Å². The molecule has 6 heteroatoms. The second-order valence-corrected chi connectivity index (χ2v) is 4.57. The van der Waals surface area contributed by atoms with Crippen LogP contribution in [0.25, 0.3) is 0 Å². The third kappa shape index (κ3) is 2.74. The van der Waals surface area contributed by atoms with Crippen LogP contribution in [0.2, 0.25) is 5.15 Å². The predicted octanol–water partition coefficient (Wildman–Crippen LogP) is 0.325. The van der Waals surface area contributed by atoms with Gasteiger partial charge in [-0.2, -0.15) is 0 Å². The first-order valence-corrected chi connectivity index (χ1v) is 5.87. The minimum absolute atomic E-state index is 0.676. The van der Waals surface area contributed by atoms with Crippen molar-refractivity contribution in [2.45, 2.75) is 6.54 Å². The Kier molecular flexibility index (Phi) is 3.81. The third-order valence-corrected chi connectivity index (χ3v) is 3.34. The van der Waals surface area contributed by atoms with Crippen molar-refractivity contribution in [1.29, 1.82) is 0 Å². The maximum atomic E-state index is 5.92. The minimum Gasteiger partial charge on any atom is -0.321 e. The largest absolute Gasteiger partial charge is 0.321 e. The molecule has 0 aliphatic carbocycles. The number of hydrogen-bond donors (Lipinski definition) is 1. The van der Waals surface area contributed by atoms with E-state index < -0.39 is 0 Å². The zero-order valence-corrected chi connectivity index (χ0v) is 10.5. The van der Waals surface area contributed by atoms with Crippen LogP contribution in [0.5, 0.6) is 0 Å². The summed E-state index contributed by atoms with van der Waals surface area (Å²) < 4.78 is 1.89. The van der Waals surface area contributed by atoms with Crippen LogP contribution in [0.3, 0.4) is 0 Å². The molecule has 1 aromatic rings. The van der Waals surface area contributed by atoms with Gasteiger partial charge in [0, 0.05) is 33.2 Å². The summed E-state index contributed by atoms with van der Waals surface area (Å²) in [6.07, 6.45) is 1.68. The van der Waals surface area contributed by atoms with E-state index in [1.807, 2.05) is 11.6 Å². The molecule has 0 saturated carbocycles. The summed E-state index contributed by atoms with van der Waals surface area (Å²) in [4.78, 5) is 6.58. The van der Waals surface area contributed by atoms with E-state index in [0.717, 1.165) is 38.5 Å². The van der Waals surface area contributed by atoms with Crippen LogP contribution in [0.1, 0.15) is 5.82 Å². The molecule has 2 heterocycles. The highest BCUT2D eigenvalue weighted by atomic mass is 35.5. The quantitative estimate of drug-likeness (QED) is 0.830. The van der Waals surface area contributed by atoms with Gasteiger partial charge in [0.15, 0.2) is 0 Å². The van der Waals surface area contributed by atoms with Crippen molar-refractivity contribution >= 4 is 11.6 Å². The number of likely N-dealkylation sites (N-methyl/N-ethyl adjacent to an activating group) is 1. The van der Waals surface area contributed by atoms with Crippen molar-refractivity contribution in [1.82, 2.24) is 24.9 Å². The lowest BCUT2D eigenvalue weighted by Gasteiger charge is -2.32. The van der Waals surface area contributed by atoms with Crippen molar-refractivity contribution in [3.8, 4) is 0 Å². The summed E-state index contributed by atoms with van der Waals surface area (Å²) >= 11 is 5.92. The molecule has 1 fully saturated rings. The molecule has 16 heavy (non-hydrogen) atoms. The van der Waals surface area contributed by atoms with Crippen molar-refractivity contribution in [3.63, 3.8) is 0 Å². The second-order valence-electron chi connectivity index (χ2n) is 4.18. The SMILES string of the molecule is CN1CCN(NCc2ncc(Cl)n2C)CC1. The molecule has 1 N–H and O–H groups in total. The summed E-state index contributed by atoms with van der Waals surface area (Å²) in [7, 11) is 4.08. The van der Waals surface area contributed by atoms with Crippen molar-refractivity contribution in [2.24, 2.45) is 7.05 Å². The minimum atomic E-state index is 0.676. The lowest BCUT2D eigenvalue weighted by molar-refractivity contribution is 0.101. The summed E-state index contributed by atoms with van der Waals surface area (Å²) in [5.74, 6) is 0.962. The van der Waals surface area contributed by atoms with Crippen LogP contribution >= 0.6 is 11.6 Å². The number of nitrogens with zero attached hydrogens (tertiary/aromatic N) is 4. The molecule has 2 rings (SSSR count). The number of nitrogens with one attached hydrogen (secondary N) is 1. The second kappa shape index (κ2) is 5.14. The molecule has 1 aromatic heterocycles. The van der Waals surface area contributed by atoms with Gasteiger partial charge in [0.1, 0.15) is 11.0 Å². The van der Waals surface area contributed by atoms with Gasteiger partial charge in [0.25, 0.3) is 0 Å². The first-order valence-electron chi connectivity index (χ1n) is 5.50. The molecule has 1 aliphatic rings. The van der Waals surface area contributed by atoms with Gasteiger partial charge >= 0.3 is 0 Å². The molecule has 1 saturated heterocycles. The molecule has 0 atom stereocenters. The number of hydrazine groups is 1. The Morgan fingerprint density at radius 3 is 2.56 bits per heavy atom. The lowest BCUT2D eigenvalue weighted by atomic mass is 10.4. The van der Waals surface area contributed by atoms with E-state index in [4.69, 9.17) is 11.6 Å². The predicted molar refractivity (Wildman–Crippen MR) is 64.1 cm³/mol. The normalized spacial score (nSPS) is 19.2. The number of piperazine rings is 1. The van der Waals surface area contributed by atoms with E-state index in [2.05, 4.69) is 27.4 Å². The van der Waals surface area contributed by atoms with E-state index >= 15 is 0 Å². The zero-order valence-electron chi connectivity index (χ0n) is 9.78. The third-order valence-electron chi connectivity index (χ3n) is 2.99. The first-order chi connectivity index (χ1) is 7.66. The van der Waals surface area contributed by atoms with Crippen molar-refractivity contribution < 1.29 is 0 Å². The molecular formula is C10H18ClN5. The van der Waals surface area contributed by atoms with Gasteiger partial charge in [-0.15, -0.1) is 0 Å². The number of rotatable bonds is 3. The first kappa shape index (κ1) is 11.9. The Labute approximate surface area is 101 Å². The van der Waals surface area contributed by atoms with Gasteiger partial charge in [0.2, 0.25) is 0 Å².